The van der Waals surface area contributed by atoms with Crippen LogP contribution in [-0.4, -0.2) is 43.4 Å². The van der Waals surface area contributed by atoms with E-state index in [2.05, 4.69) is 36.0 Å². The first-order valence-corrected chi connectivity index (χ1v) is 7.58. The van der Waals surface area contributed by atoms with Gasteiger partial charge in [-0.15, -0.1) is 0 Å². The third kappa shape index (κ3) is 5.15. The minimum absolute atomic E-state index is 0.0674. The summed E-state index contributed by atoms with van der Waals surface area (Å²) in [4.78, 5) is 12.3. The molecule has 1 N–H and O–H groups in total. The molecule has 0 bridgehead atoms. The molecule has 1 aromatic heterocycles. The summed E-state index contributed by atoms with van der Waals surface area (Å²) in [7, 11) is 0. The van der Waals surface area contributed by atoms with Crippen molar-refractivity contribution in [1.82, 2.24) is 14.7 Å². The maximum absolute atomic E-state index is 10.7. The summed E-state index contributed by atoms with van der Waals surface area (Å²) < 4.78 is 1.41. The minimum atomic E-state index is -0.652. The fraction of sp³-hybridized carbons (Fsp3) is 0.438. The van der Waals surface area contributed by atoms with Crippen molar-refractivity contribution < 1.29 is 10.0 Å². The molecule has 0 saturated heterocycles. The van der Waals surface area contributed by atoms with Gasteiger partial charge in [-0.25, -0.2) is 0 Å². The SMILES string of the molecule is CC(C)N(Cc1ccccc1)CC(O)Cn1cc([N+](=O)[O-])cn1. The van der Waals surface area contributed by atoms with Crippen molar-refractivity contribution in [3.8, 4) is 0 Å². The van der Waals surface area contributed by atoms with Gasteiger partial charge in [0, 0.05) is 19.1 Å². The molecule has 7 heteroatoms. The zero-order chi connectivity index (χ0) is 16.8. The largest absolute Gasteiger partial charge is 0.390 e. The van der Waals surface area contributed by atoms with Crippen LogP contribution in [0, 0.1) is 10.1 Å². The van der Waals surface area contributed by atoms with Crippen LogP contribution in [0.5, 0.6) is 0 Å². The molecule has 0 aliphatic rings. The van der Waals surface area contributed by atoms with E-state index in [-0.39, 0.29) is 18.3 Å². The molecule has 0 amide bonds. The second-order valence-electron chi connectivity index (χ2n) is 5.84. The second kappa shape index (κ2) is 7.85. The number of aliphatic hydroxyl groups is 1. The lowest BCUT2D eigenvalue weighted by Gasteiger charge is -2.28. The van der Waals surface area contributed by atoms with Crippen LogP contribution in [0.3, 0.4) is 0 Å². The van der Waals surface area contributed by atoms with Gasteiger partial charge in [-0.05, 0) is 19.4 Å². The number of rotatable bonds is 8. The standard InChI is InChI=1S/C16H22N4O3/c1-13(2)18(9-14-6-4-3-5-7-14)11-16(21)12-19-10-15(8-17-19)20(22)23/h3-8,10,13,16,21H,9,11-12H2,1-2H3. The van der Waals surface area contributed by atoms with E-state index < -0.39 is 11.0 Å². The third-order valence-electron chi connectivity index (χ3n) is 3.63. The van der Waals surface area contributed by atoms with Gasteiger partial charge in [0.2, 0.25) is 0 Å². The quantitative estimate of drug-likeness (QED) is 0.595. The molecular weight excluding hydrogens is 296 g/mol. The lowest BCUT2D eigenvalue weighted by atomic mass is 10.1. The maximum atomic E-state index is 10.7. The molecule has 1 atom stereocenters. The Kier molecular flexibility index (Phi) is 5.84. The molecule has 2 rings (SSSR count). The first kappa shape index (κ1) is 17.1. The monoisotopic (exact) mass is 318 g/mol. The summed E-state index contributed by atoms with van der Waals surface area (Å²) >= 11 is 0. The Bertz CT molecular complexity index is 627. The molecule has 1 unspecified atom stereocenters. The van der Waals surface area contributed by atoms with E-state index in [9.17, 15) is 15.2 Å². The number of nitro groups is 1. The first-order valence-electron chi connectivity index (χ1n) is 7.58. The van der Waals surface area contributed by atoms with Crippen molar-refractivity contribution in [3.05, 3.63) is 58.4 Å². The van der Waals surface area contributed by atoms with Crippen molar-refractivity contribution in [2.24, 2.45) is 0 Å². The summed E-state index contributed by atoms with van der Waals surface area (Å²) in [6.07, 6.45) is 1.87. The number of benzene rings is 1. The number of aliphatic hydroxyl groups excluding tert-OH is 1. The van der Waals surface area contributed by atoms with Gasteiger partial charge in [-0.3, -0.25) is 19.7 Å². The van der Waals surface area contributed by atoms with Crippen LogP contribution in [0.1, 0.15) is 19.4 Å². The fourth-order valence-electron chi connectivity index (χ4n) is 2.37. The molecule has 0 saturated carbocycles. The van der Waals surface area contributed by atoms with Gasteiger partial charge in [0.1, 0.15) is 12.4 Å². The van der Waals surface area contributed by atoms with Crippen LogP contribution in [-0.2, 0) is 13.1 Å². The normalized spacial score (nSPS) is 12.7. The van der Waals surface area contributed by atoms with Crippen molar-refractivity contribution in [2.75, 3.05) is 6.54 Å². The third-order valence-corrected chi connectivity index (χ3v) is 3.63. The number of aromatic nitrogens is 2. The van der Waals surface area contributed by atoms with Crippen LogP contribution >= 0.6 is 0 Å². The predicted octanol–water partition coefficient (Wildman–Crippen LogP) is 2.06. The molecule has 0 spiro atoms. The Balaban J connectivity index is 1.94. The molecule has 0 radical (unpaired) electrons. The van der Waals surface area contributed by atoms with Crippen molar-refractivity contribution in [2.45, 2.75) is 39.1 Å². The Morgan fingerprint density at radius 1 is 1.35 bits per heavy atom. The van der Waals surface area contributed by atoms with Gasteiger partial charge in [-0.1, -0.05) is 30.3 Å². The lowest BCUT2D eigenvalue weighted by Crippen LogP contribution is -2.38. The van der Waals surface area contributed by atoms with E-state index in [0.29, 0.717) is 6.54 Å². The summed E-state index contributed by atoms with van der Waals surface area (Å²) in [6.45, 7) is 5.60. The fourth-order valence-corrected chi connectivity index (χ4v) is 2.37. The molecule has 124 valence electrons. The van der Waals surface area contributed by atoms with Crippen LogP contribution in [0.15, 0.2) is 42.7 Å². The highest BCUT2D eigenvalue weighted by Gasteiger charge is 2.17. The molecule has 1 heterocycles. The highest BCUT2D eigenvalue weighted by atomic mass is 16.6. The summed E-state index contributed by atoms with van der Waals surface area (Å²) in [5.41, 5.74) is 1.12. The van der Waals surface area contributed by atoms with E-state index in [1.54, 1.807) is 0 Å². The van der Waals surface area contributed by atoms with Gasteiger partial charge in [0.15, 0.2) is 0 Å². The van der Waals surface area contributed by atoms with E-state index in [4.69, 9.17) is 0 Å². The average molecular weight is 318 g/mol. The molecule has 0 aliphatic heterocycles. The lowest BCUT2D eigenvalue weighted by molar-refractivity contribution is -0.385. The smallest absolute Gasteiger partial charge is 0.306 e. The molecular formula is C16H22N4O3. The molecule has 2 aromatic rings. The predicted molar refractivity (Wildman–Crippen MR) is 86.9 cm³/mol. The van der Waals surface area contributed by atoms with Crippen LogP contribution in [0.25, 0.3) is 0 Å². The second-order valence-corrected chi connectivity index (χ2v) is 5.84. The maximum Gasteiger partial charge on any atom is 0.306 e. The zero-order valence-corrected chi connectivity index (χ0v) is 13.4. The van der Waals surface area contributed by atoms with Gasteiger partial charge in [-0.2, -0.15) is 5.10 Å². The topological polar surface area (TPSA) is 84.4 Å². The molecule has 0 fully saturated rings. The van der Waals surface area contributed by atoms with E-state index in [0.717, 1.165) is 6.54 Å². The molecule has 0 aliphatic carbocycles. The van der Waals surface area contributed by atoms with Crippen LogP contribution < -0.4 is 0 Å². The van der Waals surface area contributed by atoms with Gasteiger partial charge in [0.05, 0.1) is 17.6 Å². The summed E-state index contributed by atoms with van der Waals surface area (Å²) in [5, 5.41) is 24.8. The minimum Gasteiger partial charge on any atom is -0.390 e. The van der Waals surface area contributed by atoms with Crippen molar-refractivity contribution in [3.63, 3.8) is 0 Å². The van der Waals surface area contributed by atoms with Gasteiger partial charge in [0.25, 0.3) is 0 Å². The highest BCUT2D eigenvalue weighted by molar-refractivity contribution is 5.20. The van der Waals surface area contributed by atoms with Gasteiger partial charge >= 0.3 is 5.69 Å². The first-order chi connectivity index (χ1) is 11.0. The van der Waals surface area contributed by atoms with E-state index in [1.807, 2.05) is 18.2 Å². The summed E-state index contributed by atoms with van der Waals surface area (Å²) in [5.74, 6) is 0. The van der Waals surface area contributed by atoms with E-state index in [1.165, 1.54) is 22.6 Å². The number of hydrogen-bond acceptors (Lipinski definition) is 5. The summed E-state index contributed by atoms with van der Waals surface area (Å²) in [6, 6.07) is 10.3. The number of hydrogen-bond donors (Lipinski definition) is 1. The Hall–Kier alpha value is -2.25. The Labute approximate surface area is 135 Å². The number of nitrogens with zero attached hydrogens (tertiary/aromatic N) is 4. The highest BCUT2D eigenvalue weighted by Crippen LogP contribution is 2.11. The molecule has 23 heavy (non-hydrogen) atoms. The van der Waals surface area contributed by atoms with Gasteiger partial charge < -0.3 is 5.11 Å². The van der Waals surface area contributed by atoms with Crippen molar-refractivity contribution >= 4 is 5.69 Å². The molecule has 7 nitrogen and oxygen atoms in total. The van der Waals surface area contributed by atoms with Crippen molar-refractivity contribution in [1.29, 1.82) is 0 Å². The van der Waals surface area contributed by atoms with E-state index >= 15 is 0 Å². The Morgan fingerprint density at radius 3 is 2.61 bits per heavy atom. The van der Waals surface area contributed by atoms with Crippen LogP contribution in [0.2, 0.25) is 0 Å². The van der Waals surface area contributed by atoms with Crippen LogP contribution in [0.4, 0.5) is 5.69 Å². The average Bonchev–Trinajstić information content (AvgIpc) is 2.96. The Morgan fingerprint density at radius 2 is 2.04 bits per heavy atom. The zero-order valence-electron chi connectivity index (χ0n) is 13.4. The molecule has 1 aromatic carbocycles.